The van der Waals surface area contributed by atoms with Gasteiger partial charge in [0, 0.05) is 7.11 Å². The summed E-state index contributed by atoms with van der Waals surface area (Å²) in [5, 5.41) is -0.149. The second kappa shape index (κ2) is 5.98. The molecule has 0 aliphatic heterocycles. The molecule has 1 saturated carbocycles. The number of carbonyl (C=O) groups is 1. The molecule has 0 saturated heterocycles. The predicted octanol–water partition coefficient (Wildman–Crippen LogP) is 0.586. The molecule has 0 N–H and O–H groups in total. The van der Waals surface area contributed by atoms with E-state index in [0.29, 0.717) is 19.0 Å². The third-order valence-electron chi connectivity index (χ3n) is 3.32. The Morgan fingerprint density at radius 2 is 2.00 bits per heavy atom. The average molecular weight is 315 g/mol. The van der Waals surface area contributed by atoms with E-state index in [-0.39, 0.29) is 17.9 Å². The Balaban J connectivity index is 2.16. The second-order valence-corrected chi connectivity index (χ2v) is 6.87. The molecule has 0 radical (unpaired) electrons. The largest absolute Gasteiger partial charge is 0.490 e. The molecule has 1 aliphatic carbocycles. The summed E-state index contributed by atoms with van der Waals surface area (Å²) in [4.78, 5) is 15.6. The fourth-order valence-corrected chi connectivity index (χ4v) is 3.72. The molecule has 8 heteroatoms. The number of ether oxygens (including phenoxy) is 3. The summed E-state index contributed by atoms with van der Waals surface area (Å²) in [6.07, 6.45) is 1.83. The molecule has 0 amide bonds. The van der Waals surface area contributed by atoms with Crippen molar-refractivity contribution in [3.05, 3.63) is 18.3 Å². The van der Waals surface area contributed by atoms with Gasteiger partial charge in [-0.1, -0.05) is 0 Å². The van der Waals surface area contributed by atoms with Crippen LogP contribution in [0, 0.1) is 0 Å². The van der Waals surface area contributed by atoms with E-state index in [9.17, 15) is 13.2 Å². The highest BCUT2D eigenvalue weighted by Gasteiger charge is 2.63. The summed E-state index contributed by atoms with van der Waals surface area (Å²) in [6.45, 7) is 0.766. The van der Waals surface area contributed by atoms with Crippen LogP contribution in [0.3, 0.4) is 0 Å². The molecule has 0 atom stereocenters. The van der Waals surface area contributed by atoms with E-state index in [1.165, 1.54) is 25.4 Å². The fourth-order valence-electron chi connectivity index (χ4n) is 1.94. The van der Waals surface area contributed by atoms with Crippen LogP contribution < -0.4 is 4.74 Å². The number of sulfone groups is 1. The molecule has 0 aromatic carbocycles. The van der Waals surface area contributed by atoms with E-state index >= 15 is 0 Å². The quantitative estimate of drug-likeness (QED) is 0.537. The first-order chi connectivity index (χ1) is 9.98. The minimum atomic E-state index is -3.85. The zero-order valence-electron chi connectivity index (χ0n) is 11.9. The zero-order chi connectivity index (χ0) is 15.5. The lowest BCUT2D eigenvalue weighted by Gasteiger charge is -2.13. The van der Waals surface area contributed by atoms with Crippen LogP contribution in [0.5, 0.6) is 5.75 Å². The van der Waals surface area contributed by atoms with E-state index < -0.39 is 20.6 Å². The molecule has 2 rings (SSSR count). The van der Waals surface area contributed by atoms with Gasteiger partial charge < -0.3 is 14.2 Å². The number of esters is 1. The number of rotatable bonds is 7. The molecule has 1 fully saturated rings. The number of aromatic nitrogens is 1. The van der Waals surface area contributed by atoms with Crippen molar-refractivity contribution in [3.8, 4) is 5.75 Å². The van der Waals surface area contributed by atoms with E-state index in [1.807, 2.05) is 0 Å². The first kappa shape index (κ1) is 15.7. The van der Waals surface area contributed by atoms with Crippen molar-refractivity contribution >= 4 is 15.8 Å². The van der Waals surface area contributed by atoms with E-state index in [4.69, 9.17) is 9.47 Å². The Morgan fingerprint density at radius 3 is 2.48 bits per heavy atom. The SMILES string of the molecule is COCCOc1ccc(S(=O)(=O)C2(C(=O)OC)CC2)nc1. The van der Waals surface area contributed by atoms with Crippen molar-refractivity contribution in [2.45, 2.75) is 22.6 Å². The van der Waals surface area contributed by atoms with Crippen molar-refractivity contribution in [3.63, 3.8) is 0 Å². The highest BCUT2D eigenvalue weighted by molar-refractivity contribution is 7.93. The molecule has 1 aromatic rings. The number of methoxy groups -OCH3 is 2. The Kier molecular flexibility index (Phi) is 4.48. The van der Waals surface area contributed by atoms with E-state index in [0.717, 1.165) is 0 Å². The number of nitrogens with zero attached hydrogens (tertiary/aromatic N) is 1. The van der Waals surface area contributed by atoms with Crippen LogP contribution >= 0.6 is 0 Å². The molecule has 116 valence electrons. The van der Waals surface area contributed by atoms with Gasteiger partial charge in [0.15, 0.2) is 9.77 Å². The number of carbonyl (C=O) groups excluding carboxylic acids is 1. The first-order valence-electron chi connectivity index (χ1n) is 6.39. The van der Waals surface area contributed by atoms with Gasteiger partial charge in [-0.25, -0.2) is 13.4 Å². The van der Waals surface area contributed by atoms with Gasteiger partial charge in [-0.2, -0.15) is 0 Å². The molecule has 0 unspecified atom stereocenters. The summed E-state index contributed by atoms with van der Waals surface area (Å²) in [5.74, 6) is -0.293. The molecule has 1 aliphatic rings. The lowest BCUT2D eigenvalue weighted by molar-refractivity contribution is -0.140. The van der Waals surface area contributed by atoms with Gasteiger partial charge in [-0.05, 0) is 25.0 Å². The fraction of sp³-hybridized carbons (Fsp3) is 0.538. The molecule has 7 nitrogen and oxygen atoms in total. The van der Waals surface area contributed by atoms with Gasteiger partial charge in [0.25, 0.3) is 0 Å². The summed E-state index contributed by atoms with van der Waals surface area (Å²) < 4.78 is 38.2. The van der Waals surface area contributed by atoms with Crippen LogP contribution in [0.4, 0.5) is 0 Å². The molecular weight excluding hydrogens is 298 g/mol. The summed E-state index contributed by atoms with van der Waals surface area (Å²) in [7, 11) is -1.11. The van der Waals surface area contributed by atoms with Crippen LogP contribution in [-0.2, 0) is 24.1 Å². The smallest absolute Gasteiger partial charge is 0.327 e. The monoisotopic (exact) mass is 315 g/mol. The molecule has 1 heterocycles. The third-order valence-corrected chi connectivity index (χ3v) is 5.71. The zero-order valence-corrected chi connectivity index (χ0v) is 12.7. The second-order valence-electron chi connectivity index (χ2n) is 4.66. The minimum Gasteiger partial charge on any atom is -0.490 e. The van der Waals surface area contributed by atoms with Gasteiger partial charge in [0.2, 0.25) is 9.84 Å². The van der Waals surface area contributed by atoms with Gasteiger partial charge >= 0.3 is 5.97 Å². The summed E-state index contributed by atoms with van der Waals surface area (Å²) in [6, 6.07) is 2.84. The van der Waals surface area contributed by atoms with Crippen molar-refractivity contribution < 1.29 is 27.4 Å². The number of hydrogen-bond donors (Lipinski definition) is 0. The average Bonchev–Trinajstić information content (AvgIpc) is 3.29. The van der Waals surface area contributed by atoms with Crippen LogP contribution in [-0.4, -0.2) is 51.6 Å². The van der Waals surface area contributed by atoms with Crippen molar-refractivity contribution in [1.29, 1.82) is 0 Å². The Labute approximate surface area is 123 Å². The van der Waals surface area contributed by atoms with Crippen molar-refractivity contribution in [2.75, 3.05) is 27.4 Å². The lowest BCUT2D eigenvalue weighted by atomic mass is 10.4. The Hall–Kier alpha value is -1.67. The standard InChI is InChI=1S/C13H17NO6S/c1-18-7-8-20-10-3-4-11(14-9-10)21(16,17)13(5-6-13)12(15)19-2/h3-4,9H,5-8H2,1-2H3. The van der Waals surface area contributed by atoms with Crippen molar-refractivity contribution in [1.82, 2.24) is 4.98 Å². The van der Waals surface area contributed by atoms with E-state index in [2.05, 4.69) is 9.72 Å². The molecular formula is C13H17NO6S. The maximum Gasteiger partial charge on any atom is 0.327 e. The van der Waals surface area contributed by atoms with Crippen LogP contribution in [0.1, 0.15) is 12.8 Å². The minimum absolute atomic E-state index is 0.149. The van der Waals surface area contributed by atoms with Crippen LogP contribution in [0.25, 0.3) is 0 Å². The number of hydrogen-bond acceptors (Lipinski definition) is 7. The third kappa shape index (κ3) is 2.86. The maximum atomic E-state index is 12.5. The summed E-state index contributed by atoms with van der Waals surface area (Å²) in [5.41, 5.74) is 0. The molecule has 1 aromatic heterocycles. The predicted molar refractivity (Wildman–Crippen MR) is 72.8 cm³/mol. The Bertz CT molecular complexity index is 606. The molecule has 0 bridgehead atoms. The van der Waals surface area contributed by atoms with E-state index in [1.54, 1.807) is 7.11 Å². The highest BCUT2D eigenvalue weighted by atomic mass is 32.2. The van der Waals surface area contributed by atoms with Crippen molar-refractivity contribution in [2.24, 2.45) is 0 Å². The van der Waals surface area contributed by atoms with Crippen LogP contribution in [0.2, 0.25) is 0 Å². The topological polar surface area (TPSA) is 91.8 Å². The van der Waals surface area contributed by atoms with Gasteiger partial charge in [0.1, 0.15) is 12.4 Å². The Morgan fingerprint density at radius 1 is 1.29 bits per heavy atom. The van der Waals surface area contributed by atoms with Gasteiger partial charge in [0.05, 0.1) is 19.9 Å². The highest BCUT2D eigenvalue weighted by Crippen LogP contribution is 2.47. The van der Waals surface area contributed by atoms with Gasteiger partial charge in [-0.3, -0.25) is 4.79 Å². The molecule has 0 spiro atoms. The first-order valence-corrected chi connectivity index (χ1v) is 7.87. The molecule has 21 heavy (non-hydrogen) atoms. The number of pyridine rings is 1. The maximum absolute atomic E-state index is 12.5. The van der Waals surface area contributed by atoms with Crippen LogP contribution in [0.15, 0.2) is 23.4 Å². The lowest BCUT2D eigenvalue weighted by Crippen LogP contribution is -2.34. The van der Waals surface area contributed by atoms with Gasteiger partial charge in [-0.15, -0.1) is 0 Å². The normalized spacial score (nSPS) is 16.3. The summed E-state index contributed by atoms with van der Waals surface area (Å²) >= 11 is 0.